The molecule has 274 valence electrons. The van der Waals surface area contributed by atoms with Crippen molar-refractivity contribution in [2.75, 3.05) is 36.4 Å². The highest BCUT2D eigenvalue weighted by Gasteiger charge is 2.32. The summed E-state index contributed by atoms with van der Waals surface area (Å²) in [5, 5.41) is 18.1. The lowest BCUT2D eigenvalue weighted by molar-refractivity contribution is -0.137. The zero-order chi connectivity index (χ0) is 37.8. The summed E-state index contributed by atoms with van der Waals surface area (Å²) in [6.07, 6.45) is -3.15. The first kappa shape index (κ1) is 35.8. The van der Waals surface area contributed by atoms with Gasteiger partial charge in [-0.05, 0) is 50.6 Å². The topological polar surface area (TPSA) is 164 Å². The minimum Gasteiger partial charge on any atom is -0.504 e. The number of thiazole rings is 1. The summed E-state index contributed by atoms with van der Waals surface area (Å²) in [6, 6.07) is 8.16. The van der Waals surface area contributed by atoms with E-state index in [0.717, 1.165) is 32.4 Å². The van der Waals surface area contributed by atoms with Crippen molar-refractivity contribution in [1.82, 2.24) is 39.0 Å². The first-order valence-corrected chi connectivity index (χ1v) is 17.5. The molecule has 0 aliphatic carbocycles. The van der Waals surface area contributed by atoms with E-state index >= 15 is 0 Å². The quantitative estimate of drug-likeness (QED) is 0.223. The fourth-order valence-corrected chi connectivity index (χ4v) is 7.40. The van der Waals surface area contributed by atoms with Crippen LogP contribution in [0.25, 0.3) is 27.4 Å². The smallest absolute Gasteiger partial charge is 0.416 e. The number of anilines is 2. The highest BCUT2D eigenvalue weighted by atomic mass is 35.5. The number of hydrogen-bond acceptors (Lipinski definition) is 11. The van der Waals surface area contributed by atoms with Gasteiger partial charge in [0.25, 0.3) is 11.5 Å². The Morgan fingerprint density at radius 1 is 1.06 bits per heavy atom. The number of halogens is 4. The predicted octanol–water partition coefficient (Wildman–Crippen LogP) is 5.12. The zero-order valence-electron chi connectivity index (χ0n) is 28.4. The molecule has 1 fully saturated rings. The predicted molar refractivity (Wildman–Crippen MR) is 192 cm³/mol. The van der Waals surface area contributed by atoms with Gasteiger partial charge in [-0.25, -0.2) is 15.0 Å². The molecule has 2 amide bonds. The van der Waals surface area contributed by atoms with E-state index in [1.807, 2.05) is 30.9 Å². The summed E-state index contributed by atoms with van der Waals surface area (Å²) in [4.78, 5) is 61.9. The van der Waals surface area contributed by atoms with Crippen molar-refractivity contribution < 1.29 is 27.9 Å². The van der Waals surface area contributed by atoms with Gasteiger partial charge in [0.05, 0.1) is 42.9 Å². The fraction of sp³-hybridized carbons (Fsp3) is 0.294. The number of benzene rings is 2. The van der Waals surface area contributed by atoms with Crippen LogP contribution in [-0.4, -0.2) is 82.1 Å². The second-order valence-electron chi connectivity index (χ2n) is 12.2. The number of alkyl halides is 3. The Labute approximate surface area is 307 Å². The van der Waals surface area contributed by atoms with Crippen LogP contribution in [0.15, 0.2) is 47.5 Å². The molecule has 6 aromatic rings. The molecule has 19 heteroatoms. The summed E-state index contributed by atoms with van der Waals surface area (Å²) >= 11 is 7.64. The van der Waals surface area contributed by atoms with Crippen molar-refractivity contribution in [2.24, 2.45) is 0 Å². The lowest BCUT2D eigenvalue weighted by Crippen LogP contribution is -2.51. The average Bonchev–Trinajstić information content (AvgIpc) is 3.74. The second-order valence-corrected chi connectivity index (χ2v) is 13.9. The molecule has 1 saturated heterocycles. The van der Waals surface area contributed by atoms with Gasteiger partial charge in [0.1, 0.15) is 18.6 Å². The van der Waals surface area contributed by atoms with Gasteiger partial charge in [0.15, 0.2) is 17.3 Å². The van der Waals surface area contributed by atoms with Crippen LogP contribution in [0.2, 0.25) is 5.02 Å². The van der Waals surface area contributed by atoms with Gasteiger partial charge in [0.2, 0.25) is 11.7 Å². The lowest BCUT2D eigenvalue weighted by Gasteiger charge is -2.36. The van der Waals surface area contributed by atoms with Crippen LogP contribution >= 0.6 is 22.9 Å². The number of nitrogens with zero attached hydrogens (tertiary/aromatic N) is 9. The highest BCUT2D eigenvalue weighted by Crippen LogP contribution is 2.34. The van der Waals surface area contributed by atoms with Gasteiger partial charge in [-0.1, -0.05) is 24.6 Å². The molecule has 0 atom stereocenters. The molecule has 2 aromatic carbocycles. The molecule has 14 nitrogen and oxygen atoms in total. The maximum absolute atomic E-state index is 14.4. The number of carbonyl (C=O) groups is 2. The van der Waals surface area contributed by atoms with E-state index in [1.54, 1.807) is 17.6 Å². The number of para-hydroxylation sites is 1. The molecule has 7 rings (SSSR count). The monoisotopic (exact) mass is 766 g/mol. The number of piperazine rings is 1. The number of fused-ring (bicyclic) bond motifs is 2. The molecule has 0 unspecified atom stereocenters. The molecular weight excluding hydrogens is 737 g/mol. The van der Waals surface area contributed by atoms with Crippen LogP contribution in [0.1, 0.15) is 39.4 Å². The molecule has 1 aliphatic heterocycles. The van der Waals surface area contributed by atoms with Gasteiger partial charge in [-0.3, -0.25) is 14.4 Å². The van der Waals surface area contributed by atoms with Crippen LogP contribution in [0.5, 0.6) is 5.75 Å². The minimum absolute atomic E-state index is 0.0292. The second kappa shape index (κ2) is 13.7. The molecule has 0 bridgehead atoms. The molecule has 0 spiro atoms. The minimum atomic E-state index is -4.62. The molecule has 53 heavy (non-hydrogen) atoms. The Hall–Kier alpha value is -5.62. The maximum atomic E-state index is 14.4. The number of hydrogen-bond donors (Lipinski definition) is 2. The summed E-state index contributed by atoms with van der Waals surface area (Å²) in [5.41, 5.74) is 0.576. The van der Waals surface area contributed by atoms with Gasteiger partial charge in [-0.15, -0.1) is 16.4 Å². The van der Waals surface area contributed by atoms with E-state index < -0.39 is 35.7 Å². The third kappa shape index (κ3) is 6.63. The molecule has 0 saturated carbocycles. The van der Waals surface area contributed by atoms with Gasteiger partial charge in [-0.2, -0.15) is 22.7 Å². The summed E-state index contributed by atoms with van der Waals surface area (Å²) in [5.74, 6) is -1.17. The van der Waals surface area contributed by atoms with Crippen molar-refractivity contribution in [3.63, 3.8) is 0 Å². The van der Waals surface area contributed by atoms with E-state index in [1.165, 1.54) is 22.6 Å². The number of aryl methyl sites for hydroxylation is 2. The first-order chi connectivity index (χ1) is 25.2. The highest BCUT2D eigenvalue weighted by molar-refractivity contribution is 7.18. The zero-order valence-corrected chi connectivity index (χ0v) is 30.0. The van der Waals surface area contributed by atoms with E-state index in [2.05, 4.69) is 25.4 Å². The van der Waals surface area contributed by atoms with Gasteiger partial charge < -0.3 is 24.8 Å². The van der Waals surface area contributed by atoms with Gasteiger partial charge in [0, 0.05) is 31.7 Å². The Morgan fingerprint density at radius 3 is 2.51 bits per heavy atom. The lowest BCUT2D eigenvalue weighted by atomic mass is 10.2. The number of nitrogens with one attached hydrogen (secondary N) is 1. The van der Waals surface area contributed by atoms with Crippen molar-refractivity contribution in [3.05, 3.63) is 85.8 Å². The summed E-state index contributed by atoms with van der Waals surface area (Å²) in [7, 11) is 0. The van der Waals surface area contributed by atoms with Crippen LogP contribution in [0.4, 0.5) is 24.5 Å². The maximum Gasteiger partial charge on any atom is 0.416 e. The van der Waals surface area contributed by atoms with Crippen LogP contribution in [0, 0.1) is 13.8 Å². The van der Waals surface area contributed by atoms with E-state index in [-0.39, 0.29) is 77.7 Å². The Balaban J connectivity index is 1.28. The SMILES string of the molecule is CCc1c(N2CCN(C(=O)c3ncnc(C)c3O)CC2)c(=O)n2nc(-c3cccc4sc(C)nc34)nc2n1CC(=O)Nc1ccc(C(F)(F)F)cc1Cl. The summed E-state index contributed by atoms with van der Waals surface area (Å²) < 4.78 is 43.3. The van der Waals surface area contributed by atoms with Crippen LogP contribution in [0.3, 0.4) is 0 Å². The molecule has 2 N–H and O–H groups in total. The normalized spacial score (nSPS) is 13.6. The van der Waals surface area contributed by atoms with Crippen LogP contribution < -0.4 is 15.8 Å². The number of carbonyl (C=O) groups excluding carboxylic acids is 2. The molecule has 0 radical (unpaired) electrons. The molecule has 5 heterocycles. The Morgan fingerprint density at radius 2 is 1.81 bits per heavy atom. The standard InChI is InChI=1S/C34H30ClF3N10O4S/c1-4-23-28(45-10-12-46(13-11-45)31(51)27-29(50)17(2)39-16-40-27)32(52)48-33(43-30(44-48)20-6-5-7-24-26(20)41-18(3)53-24)47(23)15-25(49)42-22-9-8-19(14-21(22)35)34(36,37)38/h5-9,14,16,50H,4,10-13,15H2,1-3H3,(H,42,49). The third-order valence-corrected chi connectivity index (χ3v) is 10.1. The molecule has 1 aliphatic rings. The van der Waals surface area contributed by atoms with E-state index in [0.29, 0.717) is 16.8 Å². The largest absolute Gasteiger partial charge is 0.504 e. The van der Waals surface area contributed by atoms with Crippen molar-refractivity contribution in [1.29, 1.82) is 0 Å². The average molecular weight is 767 g/mol. The number of aromatic hydroxyl groups is 1. The van der Waals surface area contributed by atoms with Gasteiger partial charge >= 0.3 is 6.18 Å². The van der Waals surface area contributed by atoms with Crippen molar-refractivity contribution >= 4 is 62.1 Å². The number of aromatic nitrogens is 7. The fourth-order valence-electron chi connectivity index (χ4n) is 6.32. The van der Waals surface area contributed by atoms with E-state index in [4.69, 9.17) is 16.6 Å². The van der Waals surface area contributed by atoms with Crippen molar-refractivity contribution in [2.45, 2.75) is 39.9 Å². The molecular formula is C34H30ClF3N10O4S. The third-order valence-electron chi connectivity index (χ3n) is 8.89. The van der Waals surface area contributed by atoms with Crippen LogP contribution in [-0.2, 0) is 23.9 Å². The first-order valence-electron chi connectivity index (χ1n) is 16.4. The Bertz CT molecular complexity index is 2490. The molecule has 4 aromatic heterocycles. The summed E-state index contributed by atoms with van der Waals surface area (Å²) in [6.45, 7) is 5.65. The van der Waals surface area contributed by atoms with E-state index in [9.17, 15) is 32.7 Å². The Kier molecular flexibility index (Phi) is 9.27. The number of amides is 2. The number of rotatable bonds is 7. The van der Waals surface area contributed by atoms with Crippen molar-refractivity contribution in [3.8, 4) is 17.1 Å².